The summed E-state index contributed by atoms with van der Waals surface area (Å²) in [6, 6.07) is 4.64. The van der Waals surface area contributed by atoms with Crippen LogP contribution in [0.1, 0.15) is 6.42 Å². The van der Waals surface area contributed by atoms with Gasteiger partial charge in [-0.05, 0) is 24.6 Å². The minimum Gasteiger partial charge on any atom is -0.344 e. The van der Waals surface area contributed by atoms with Crippen LogP contribution in [0.5, 0.6) is 0 Å². The maximum Gasteiger partial charge on any atom is 0.249 e. The van der Waals surface area contributed by atoms with Gasteiger partial charge >= 0.3 is 0 Å². The Morgan fingerprint density at radius 3 is 2.67 bits per heavy atom. The van der Waals surface area contributed by atoms with Crippen molar-refractivity contribution in [2.75, 3.05) is 24.5 Å². The van der Waals surface area contributed by atoms with Crippen LogP contribution in [0.2, 0.25) is 10.0 Å². The van der Waals surface area contributed by atoms with Gasteiger partial charge in [0.1, 0.15) is 6.04 Å². The molecule has 2 N–H and O–H groups in total. The lowest BCUT2D eigenvalue weighted by atomic mass is 10.0. The Bertz CT molecular complexity index is 590. The highest BCUT2D eigenvalue weighted by molar-refractivity contribution is 6.42. The van der Waals surface area contributed by atoms with E-state index in [0.717, 1.165) is 0 Å². The fourth-order valence-electron chi connectivity index (χ4n) is 2.49. The van der Waals surface area contributed by atoms with E-state index in [-0.39, 0.29) is 17.7 Å². The SMILES string of the molecule is O=C(NC1CCN(c2ccc(Cl)c(Cl)c2)C1=O)C1CNC1. The summed E-state index contributed by atoms with van der Waals surface area (Å²) < 4.78 is 0. The standard InChI is InChI=1S/C14H15Cl2N3O2/c15-10-2-1-9(5-11(10)16)19-4-3-12(14(19)21)18-13(20)8-6-17-7-8/h1-2,5,8,12,17H,3-4,6-7H2,(H,18,20). The molecule has 0 spiro atoms. The van der Waals surface area contributed by atoms with Crippen LogP contribution in [0.3, 0.4) is 0 Å². The van der Waals surface area contributed by atoms with Gasteiger partial charge in [0.15, 0.2) is 0 Å². The molecule has 2 fully saturated rings. The van der Waals surface area contributed by atoms with Crippen LogP contribution < -0.4 is 15.5 Å². The molecule has 0 aromatic heterocycles. The van der Waals surface area contributed by atoms with Crippen molar-refractivity contribution in [1.29, 1.82) is 0 Å². The molecule has 0 bridgehead atoms. The quantitative estimate of drug-likeness (QED) is 0.883. The van der Waals surface area contributed by atoms with E-state index < -0.39 is 6.04 Å². The van der Waals surface area contributed by atoms with Gasteiger partial charge in [-0.15, -0.1) is 0 Å². The molecule has 0 radical (unpaired) electrons. The zero-order valence-electron chi connectivity index (χ0n) is 11.2. The molecule has 0 aliphatic carbocycles. The molecule has 1 aromatic rings. The highest BCUT2D eigenvalue weighted by Crippen LogP contribution is 2.29. The van der Waals surface area contributed by atoms with Crippen LogP contribution in [0.15, 0.2) is 18.2 Å². The maximum absolute atomic E-state index is 12.4. The lowest BCUT2D eigenvalue weighted by Crippen LogP contribution is -2.54. The summed E-state index contributed by atoms with van der Waals surface area (Å²) in [5, 5.41) is 6.73. The van der Waals surface area contributed by atoms with E-state index in [1.165, 1.54) is 0 Å². The molecule has 2 aliphatic heterocycles. The molecule has 112 valence electrons. The van der Waals surface area contributed by atoms with Gasteiger partial charge in [-0.3, -0.25) is 9.59 Å². The molecule has 2 saturated heterocycles. The zero-order chi connectivity index (χ0) is 15.0. The molecular formula is C14H15Cl2N3O2. The highest BCUT2D eigenvalue weighted by Gasteiger charge is 2.36. The Balaban J connectivity index is 1.67. The number of rotatable bonds is 3. The Hall–Kier alpha value is -1.30. The zero-order valence-corrected chi connectivity index (χ0v) is 12.7. The van der Waals surface area contributed by atoms with Crippen molar-refractivity contribution in [3.63, 3.8) is 0 Å². The molecule has 1 unspecified atom stereocenters. The second-order valence-corrected chi connectivity index (χ2v) is 6.11. The van der Waals surface area contributed by atoms with Crippen molar-refractivity contribution in [2.24, 2.45) is 5.92 Å². The summed E-state index contributed by atoms with van der Waals surface area (Å²) in [6.07, 6.45) is 0.602. The summed E-state index contributed by atoms with van der Waals surface area (Å²) in [5.74, 6) is -0.172. The average Bonchev–Trinajstić information content (AvgIpc) is 2.72. The van der Waals surface area contributed by atoms with Crippen molar-refractivity contribution < 1.29 is 9.59 Å². The van der Waals surface area contributed by atoms with E-state index >= 15 is 0 Å². The predicted molar refractivity (Wildman–Crippen MR) is 81.7 cm³/mol. The van der Waals surface area contributed by atoms with Gasteiger partial charge < -0.3 is 15.5 Å². The Kier molecular flexibility index (Phi) is 4.06. The first-order valence-corrected chi connectivity index (χ1v) is 7.59. The van der Waals surface area contributed by atoms with Gasteiger partial charge in [0.2, 0.25) is 11.8 Å². The van der Waals surface area contributed by atoms with E-state index in [4.69, 9.17) is 23.2 Å². The van der Waals surface area contributed by atoms with Gasteiger partial charge in [0.05, 0.1) is 16.0 Å². The first-order valence-electron chi connectivity index (χ1n) is 6.84. The largest absolute Gasteiger partial charge is 0.344 e. The highest BCUT2D eigenvalue weighted by atomic mass is 35.5. The fraction of sp³-hybridized carbons (Fsp3) is 0.429. The number of carbonyl (C=O) groups excluding carboxylic acids is 2. The molecule has 3 rings (SSSR count). The molecular weight excluding hydrogens is 313 g/mol. The Morgan fingerprint density at radius 1 is 1.29 bits per heavy atom. The molecule has 7 heteroatoms. The van der Waals surface area contributed by atoms with Gasteiger partial charge in [-0.1, -0.05) is 23.2 Å². The fourth-order valence-corrected chi connectivity index (χ4v) is 2.78. The number of nitrogens with one attached hydrogen (secondary N) is 2. The number of amides is 2. The van der Waals surface area contributed by atoms with E-state index in [2.05, 4.69) is 10.6 Å². The lowest BCUT2D eigenvalue weighted by molar-refractivity contribution is -0.130. The third-order valence-corrected chi connectivity index (χ3v) is 4.63. The minimum atomic E-state index is -0.451. The third-order valence-electron chi connectivity index (χ3n) is 3.89. The number of benzene rings is 1. The normalized spacial score (nSPS) is 22.3. The molecule has 5 nitrogen and oxygen atoms in total. The molecule has 21 heavy (non-hydrogen) atoms. The monoisotopic (exact) mass is 327 g/mol. The van der Waals surface area contributed by atoms with Crippen LogP contribution in [0.4, 0.5) is 5.69 Å². The lowest BCUT2D eigenvalue weighted by Gasteiger charge is -2.27. The third kappa shape index (κ3) is 2.86. The molecule has 2 amide bonds. The molecule has 1 atom stereocenters. The summed E-state index contributed by atoms with van der Waals surface area (Å²) >= 11 is 11.9. The summed E-state index contributed by atoms with van der Waals surface area (Å²) in [7, 11) is 0. The number of hydrogen-bond acceptors (Lipinski definition) is 3. The van der Waals surface area contributed by atoms with E-state index in [9.17, 15) is 9.59 Å². The van der Waals surface area contributed by atoms with E-state index in [1.54, 1.807) is 23.1 Å². The van der Waals surface area contributed by atoms with Crippen LogP contribution >= 0.6 is 23.2 Å². The van der Waals surface area contributed by atoms with Gasteiger partial charge in [0, 0.05) is 25.3 Å². The van der Waals surface area contributed by atoms with E-state index in [0.29, 0.717) is 41.8 Å². The number of nitrogens with zero attached hydrogens (tertiary/aromatic N) is 1. The van der Waals surface area contributed by atoms with Crippen LogP contribution in [0.25, 0.3) is 0 Å². The van der Waals surface area contributed by atoms with Crippen LogP contribution in [0, 0.1) is 5.92 Å². The number of anilines is 1. The maximum atomic E-state index is 12.4. The molecule has 1 aromatic carbocycles. The van der Waals surface area contributed by atoms with Crippen LogP contribution in [-0.4, -0.2) is 37.5 Å². The Morgan fingerprint density at radius 2 is 2.05 bits per heavy atom. The second-order valence-electron chi connectivity index (χ2n) is 5.29. The first-order chi connectivity index (χ1) is 10.1. The summed E-state index contributed by atoms with van der Waals surface area (Å²) in [4.78, 5) is 25.9. The number of halogens is 2. The van der Waals surface area contributed by atoms with E-state index in [1.807, 2.05) is 0 Å². The van der Waals surface area contributed by atoms with Crippen molar-refractivity contribution >= 4 is 40.7 Å². The molecule has 2 heterocycles. The topological polar surface area (TPSA) is 61.4 Å². The van der Waals surface area contributed by atoms with Crippen LogP contribution in [-0.2, 0) is 9.59 Å². The van der Waals surface area contributed by atoms with Gasteiger partial charge in [0.25, 0.3) is 0 Å². The first kappa shape index (κ1) is 14.6. The molecule has 2 aliphatic rings. The van der Waals surface area contributed by atoms with Gasteiger partial charge in [-0.25, -0.2) is 0 Å². The van der Waals surface area contributed by atoms with Crippen molar-refractivity contribution in [1.82, 2.24) is 10.6 Å². The predicted octanol–water partition coefficient (Wildman–Crippen LogP) is 1.43. The number of carbonyl (C=O) groups is 2. The van der Waals surface area contributed by atoms with Crippen molar-refractivity contribution in [3.05, 3.63) is 28.2 Å². The van der Waals surface area contributed by atoms with Crippen molar-refractivity contribution in [3.8, 4) is 0 Å². The summed E-state index contributed by atoms with van der Waals surface area (Å²) in [6.45, 7) is 1.93. The number of hydrogen-bond donors (Lipinski definition) is 2. The van der Waals surface area contributed by atoms with Crippen molar-refractivity contribution in [2.45, 2.75) is 12.5 Å². The minimum absolute atomic E-state index is 0.0168. The Labute approximate surface area is 132 Å². The summed E-state index contributed by atoms with van der Waals surface area (Å²) in [5.41, 5.74) is 0.705. The smallest absolute Gasteiger partial charge is 0.249 e. The average molecular weight is 328 g/mol. The second kappa shape index (κ2) is 5.83. The van der Waals surface area contributed by atoms with Gasteiger partial charge in [-0.2, -0.15) is 0 Å². The molecule has 0 saturated carbocycles.